The molecule has 0 aliphatic heterocycles. The summed E-state index contributed by atoms with van der Waals surface area (Å²) in [5, 5.41) is 2.46. The molecule has 2 heterocycles. The fourth-order valence-corrected chi connectivity index (χ4v) is 2.50. The third-order valence-corrected chi connectivity index (χ3v) is 3.75. The van der Waals surface area contributed by atoms with Gasteiger partial charge in [-0.25, -0.2) is 28.1 Å². The van der Waals surface area contributed by atoms with Crippen LogP contribution in [0.3, 0.4) is 0 Å². The van der Waals surface area contributed by atoms with Gasteiger partial charge in [0.15, 0.2) is 5.52 Å². The van der Waals surface area contributed by atoms with E-state index in [1.54, 1.807) is 0 Å². The number of H-pyrrole nitrogens is 1. The molecule has 0 aliphatic carbocycles. The Morgan fingerprint density at radius 1 is 1.35 bits per heavy atom. The molecule has 0 saturated heterocycles. The van der Waals surface area contributed by atoms with Crippen molar-refractivity contribution in [3.05, 3.63) is 68.8 Å². The molecule has 2 N–H and O–H groups in total. The summed E-state index contributed by atoms with van der Waals surface area (Å²) in [4.78, 5) is 46.4. The van der Waals surface area contributed by atoms with E-state index in [0.717, 1.165) is 12.4 Å². The lowest BCUT2D eigenvalue weighted by molar-refractivity contribution is -0.122. The molecule has 0 bridgehead atoms. The number of benzene rings is 1. The van der Waals surface area contributed by atoms with Crippen LogP contribution in [0.15, 0.2) is 40.3 Å². The van der Waals surface area contributed by atoms with Gasteiger partial charge in [-0.15, -0.1) is 0 Å². The SMILES string of the molecule is C[C@H](NC(=O)Cn1c(=O)[nH]c2cncnc2c1=O)c1ccc(F)cc1F. The fraction of sp³-hybridized carbons (Fsp3) is 0.188. The van der Waals surface area contributed by atoms with Gasteiger partial charge in [-0.3, -0.25) is 9.59 Å². The molecule has 1 amide bonds. The lowest BCUT2D eigenvalue weighted by Crippen LogP contribution is -2.41. The van der Waals surface area contributed by atoms with Gasteiger partial charge < -0.3 is 10.3 Å². The zero-order chi connectivity index (χ0) is 18.8. The van der Waals surface area contributed by atoms with E-state index >= 15 is 0 Å². The second-order valence-electron chi connectivity index (χ2n) is 5.56. The predicted molar refractivity (Wildman–Crippen MR) is 87.3 cm³/mol. The number of rotatable bonds is 4. The molecule has 10 heteroatoms. The first kappa shape index (κ1) is 17.4. The van der Waals surface area contributed by atoms with Crippen molar-refractivity contribution in [1.29, 1.82) is 0 Å². The van der Waals surface area contributed by atoms with Crippen molar-refractivity contribution in [2.75, 3.05) is 0 Å². The molecule has 134 valence electrons. The highest BCUT2D eigenvalue weighted by Gasteiger charge is 2.17. The Labute approximate surface area is 144 Å². The standard InChI is InChI=1S/C16H13F2N5O3/c1-8(10-3-2-9(17)4-11(10)18)21-13(24)6-23-15(25)14-12(22-16(23)26)5-19-7-20-14/h2-5,7-8H,6H2,1H3,(H,21,24)(H,22,26)/t8-/m0/s1. The second-order valence-corrected chi connectivity index (χ2v) is 5.56. The third-order valence-electron chi connectivity index (χ3n) is 3.75. The minimum absolute atomic E-state index is 0.0370. The summed E-state index contributed by atoms with van der Waals surface area (Å²) in [6.45, 7) is 0.913. The van der Waals surface area contributed by atoms with Crippen LogP contribution < -0.4 is 16.6 Å². The van der Waals surface area contributed by atoms with Crippen LogP contribution >= 0.6 is 0 Å². The molecule has 8 nitrogen and oxygen atoms in total. The lowest BCUT2D eigenvalue weighted by Gasteiger charge is -2.15. The maximum Gasteiger partial charge on any atom is 0.329 e. The number of carbonyl (C=O) groups is 1. The Bertz CT molecular complexity index is 1110. The van der Waals surface area contributed by atoms with Crippen molar-refractivity contribution in [2.24, 2.45) is 0 Å². The number of nitrogens with one attached hydrogen (secondary N) is 2. The molecule has 0 radical (unpaired) electrons. The summed E-state index contributed by atoms with van der Waals surface area (Å²) in [6, 6.07) is 2.19. The van der Waals surface area contributed by atoms with E-state index in [0.29, 0.717) is 10.6 Å². The highest BCUT2D eigenvalue weighted by molar-refractivity contribution is 5.77. The summed E-state index contributed by atoms with van der Waals surface area (Å²) >= 11 is 0. The van der Waals surface area contributed by atoms with E-state index in [9.17, 15) is 23.2 Å². The average molecular weight is 361 g/mol. The number of halogens is 2. The zero-order valence-electron chi connectivity index (χ0n) is 13.5. The van der Waals surface area contributed by atoms with E-state index in [4.69, 9.17) is 0 Å². The molecule has 0 saturated carbocycles. The van der Waals surface area contributed by atoms with E-state index in [1.807, 2.05) is 0 Å². The van der Waals surface area contributed by atoms with Gasteiger partial charge in [-0.05, 0) is 13.0 Å². The Morgan fingerprint density at radius 3 is 2.85 bits per heavy atom. The predicted octanol–water partition coefficient (Wildman–Crippen LogP) is 0.635. The number of amides is 1. The number of carbonyl (C=O) groups excluding carboxylic acids is 1. The van der Waals surface area contributed by atoms with E-state index < -0.39 is 41.4 Å². The molecule has 2 aromatic heterocycles. The van der Waals surface area contributed by atoms with E-state index in [2.05, 4.69) is 20.3 Å². The van der Waals surface area contributed by atoms with Gasteiger partial charge in [0.25, 0.3) is 5.56 Å². The summed E-state index contributed by atoms with van der Waals surface area (Å²) in [6.07, 6.45) is 2.42. The average Bonchev–Trinajstić information content (AvgIpc) is 2.58. The highest BCUT2D eigenvalue weighted by Crippen LogP contribution is 2.17. The molecule has 0 spiro atoms. The maximum absolute atomic E-state index is 13.8. The van der Waals surface area contributed by atoms with Crippen molar-refractivity contribution in [3.8, 4) is 0 Å². The van der Waals surface area contributed by atoms with Crippen LogP contribution in [0.1, 0.15) is 18.5 Å². The van der Waals surface area contributed by atoms with Gasteiger partial charge in [0.2, 0.25) is 5.91 Å². The van der Waals surface area contributed by atoms with Crippen molar-refractivity contribution < 1.29 is 13.6 Å². The molecule has 3 rings (SSSR count). The topological polar surface area (TPSA) is 110 Å². The van der Waals surface area contributed by atoms with Crippen molar-refractivity contribution in [2.45, 2.75) is 19.5 Å². The summed E-state index contributed by atoms with van der Waals surface area (Å²) in [7, 11) is 0. The Kier molecular flexibility index (Phi) is 4.57. The minimum Gasteiger partial charge on any atom is -0.348 e. The molecule has 0 unspecified atom stereocenters. The Morgan fingerprint density at radius 2 is 2.12 bits per heavy atom. The van der Waals surface area contributed by atoms with Crippen LogP contribution in [-0.4, -0.2) is 25.4 Å². The van der Waals surface area contributed by atoms with Crippen LogP contribution in [0, 0.1) is 11.6 Å². The molecule has 26 heavy (non-hydrogen) atoms. The quantitative estimate of drug-likeness (QED) is 0.709. The number of hydrogen-bond donors (Lipinski definition) is 2. The second kappa shape index (κ2) is 6.82. The van der Waals surface area contributed by atoms with E-state index in [1.165, 1.54) is 19.2 Å². The van der Waals surface area contributed by atoms with Crippen molar-refractivity contribution in [1.82, 2.24) is 24.8 Å². The van der Waals surface area contributed by atoms with Gasteiger partial charge in [-0.1, -0.05) is 6.07 Å². The van der Waals surface area contributed by atoms with Crippen LogP contribution in [0.2, 0.25) is 0 Å². The fourth-order valence-electron chi connectivity index (χ4n) is 2.50. The van der Waals surface area contributed by atoms with Gasteiger partial charge in [0, 0.05) is 11.6 Å². The van der Waals surface area contributed by atoms with Crippen molar-refractivity contribution >= 4 is 16.9 Å². The van der Waals surface area contributed by atoms with Gasteiger partial charge >= 0.3 is 5.69 Å². The number of fused-ring (bicyclic) bond motifs is 1. The van der Waals surface area contributed by atoms with Crippen LogP contribution in [0.4, 0.5) is 8.78 Å². The van der Waals surface area contributed by atoms with Gasteiger partial charge in [-0.2, -0.15) is 0 Å². The molecule has 1 atom stereocenters. The molecule has 0 fully saturated rings. The van der Waals surface area contributed by atoms with Gasteiger partial charge in [0.05, 0.1) is 17.8 Å². The number of hydrogen-bond acceptors (Lipinski definition) is 5. The zero-order valence-corrected chi connectivity index (χ0v) is 13.5. The molecule has 0 aliphatic rings. The Balaban J connectivity index is 1.83. The normalized spacial score (nSPS) is 12.1. The smallest absolute Gasteiger partial charge is 0.329 e. The highest BCUT2D eigenvalue weighted by atomic mass is 19.1. The first-order valence-corrected chi connectivity index (χ1v) is 7.54. The van der Waals surface area contributed by atoms with Crippen LogP contribution in [0.5, 0.6) is 0 Å². The molecular weight excluding hydrogens is 348 g/mol. The Hall–Kier alpha value is -3.43. The summed E-state index contributed by atoms with van der Waals surface area (Å²) in [5.41, 5.74) is -1.35. The van der Waals surface area contributed by atoms with Crippen molar-refractivity contribution in [3.63, 3.8) is 0 Å². The molecular formula is C16H13F2N5O3. The van der Waals surface area contributed by atoms with Crippen LogP contribution in [0.25, 0.3) is 11.0 Å². The largest absolute Gasteiger partial charge is 0.348 e. The summed E-state index contributed by atoms with van der Waals surface area (Å²) in [5.74, 6) is -2.24. The first-order chi connectivity index (χ1) is 12.4. The summed E-state index contributed by atoms with van der Waals surface area (Å²) < 4.78 is 27.4. The van der Waals surface area contributed by atoms with Gasteiger partial charge in [0.1, 0.15) is 24.5 Å². The monoisotopic (exact) mass is 361 g/mol. The van der Waals surface area contributed by atoms with E-state index in [-0.39, 0.29) is 16.6 Å². The molecule has 3 aromatic rings. The lowest BCUT2D eigenvalue weighted by atomic mass is 10.1. The maximum atomic E-state index is 13.8. The minimum atomic E-state index is -0.810. The van der Waals surface area contributed by atoms with Crippen LogP contribution in [-0.2, 0) is 11.3 Å². The number of aromatic nitrogens is 4. The third kappa shape index (κ3) is 3.34. The number of aromatic amines is 1. The number of nitrogens with zero attached hydrogens (tertiary/aromatic N) is 3. The first-order valence-electron chi connectivity index (χ1n) is 7.54. The molecule has 1 aromatic carbocycles.